The fourth-order valence-electron chi connectivity index (χ4n) is 4.55. The van der Waals surface area contributed by atoms with Crippen molar-refractivity contribution in [2.45, 2.75) is 26.7 Å². The smallest absolute Gasteiger partial charge is 0.307 e. The van der Waals surface area contributed by atoms with Gasteiger partial charge in [-0.25, -0.2) is 0 Å². The van der Waals surface area contributed by atoms with Gasteiger partial charge < -0.3 is 10.0 Å². The minimum absolute atomic E-state index is 0.0612. The topological polar surface area (TPSA) is 57.6 Å². The zero-order valence-electron chi connectivity index (χ0n) is 12.2. The van der Waals surface area contributed by atoms with Crippen LogP contribution in [0.4, 0.5) is 0 Å². The lowest BCUT2D eigenvalue weighted by Crippen LogP contribution is -2.48. The van der Waals surface area contributed by atoms with Crippen molar-refractivity contribution < 1.29 is 14.7 Å². The molecule has 0 spiro atoms. The van der Waals surface area contributed by atoms with Crippen molar-refractivity contribution in [3.05, 3.63) is 12.2 Å². The van der Waals surface area contributed by atoms with E-state index in [1.165, 1.54) is 0 Å². The van der Waals surface area contributed by atoms with Gasteiger partial charge in [-0.2, -0.15) is 0 Å². The van der Waals surface area contributed by atoms with Crippen LogP contribution in [0, 0.1) is 35.5 Å². The molecule has 0 radical (unpaired) electrons. The van der Waals surface area contributed by atoms with Crippen LogP contribution in [0.25, 0.3) is 0 Å². The first-order chi connectivity index (χ1) is 9.47. The van der Waals surface area contributed by atoms with Crippen LogP contribution in [0.1, 0.15) is 26.7 Å². The molecule has 0 aromatic rings. The van der Waals surface area contributed by atoms with E-state index in [2.05, 4.69) is 19.9 Å². The lowest BCUT2D eigenvalue weighted by Gasteiger charge is -2.38. The predicted molar refractivity (Wildman–Crippen MR) is 74.9 cm³/mol. The number of rotatable bonds is 2. The summed E-state index contributed by atoms with van der Waals surface area (Å²) in [7, 11) is 0. The molecule has 1 amide bonds. The van der Waals surface area contributed by atoms with Crippen molar-refractivity contribution in [3.63, 3.8) is 0 Å². The average Bonchev–Trinajstić information content (AvgIpc) is 2.96. The number of piperidine rings is 1. The van der Waals surface area contributed by atoms with E-state index in [0.717, 1.165) is 25.9 Å². The summed E-state index contributed by atoms with van der Waals surface area (Å²) in [6, 6.07) is 0. The molecule has 0 unspecified atom stereocenters. The maximum Gasteiger partial charge on any atom is 0.307 e. The van der Waals surface area contributed by atoms with Gasteiger partial charge in [0.2, 0.25) is 5.91 Å². The van der Waals surface area contributed by atoms with Crippen LogP contribution in [-0.2, 0) is 9.59 Å². The van der Waals surface area contributed by atoms with Gasteiger partial charge in [0.1, 0.15) is 0 Å². The van der Waals surface area contributed by atoms with E-state index in [1.807, 2.05) is 11.0 Å². The van der Waals surface area contributed by atoms with E-state index < -0.39 is 11.9 Å². The van der Waals surface area contributed by atoms with E-state index in [0.29, 0.717) is 11.8 Å². The molecule has 4 heteroatoms. The fraction of sp³-hybridized carbons (Fsp3) is 0.750. The Balaban J connectivity index is 1.79. The normalized spacial score (nSPS) is 43.0. The van der Waals surface area contributed by atoms with E-state index in [9.17, 15) is 14.7 Å². The summed E-state index contributed by atoms with van der Waals surface area (Å²) in [5.74, 6) is -0.344. The molecule has 0 aromatic carbocycles. The van der Waals surface area contributed by atoms with Crippen molar-refractivity contribution in [1.29, 1.82) is 0 Å². The van der Waals surface area contributed by atoms with Crippen LogP contribution in [0.3, 0.4) is 0 Å². The number of hydrogen-bond acceptors (Lipinski definition) is 2. The minimum Gasteiger partial charge on any atom is -0.481 e. The molecule has 6 atom stereocenters. The second kappa shape index (κ2) is 4.90. The third-order valence-electron chi connectivity index (χ3n) is 5.21. The molecule has 3 aliphatic rings. The highest BCUT2D eigenvalue weighted by atomic mass is 16.4. The number of carbonyl (C=O) groups excluding carboxylic acids is 1. The SMILES string of the molecule is C[C@@H]1C[C@@H](C)CN(C(=O)[C@H]2[C@@H](C(=O)O)[C@H]3C=C[C@H]2C3)C1. The molecule has 4 nitrogen and oxygen atoms in total. The zero-order chi connectivity index (χ0) is 14.4. The van der Waals surface area contributed by atoms with Crippen LogP contribution in [0.2, 0.25) is 0 Å². The molecule has 20 heavy (non-hydrogen) atoms. The Bertz CT molecular complexity index is 449. The molecule has 2 bridgehead atoms. The van der Waals surface area contributed by atoms with Crippen LogP contribution in [0.5, 0.6) is 0 Å². The fourth-order valence-corrected chi connectivity index (χ4v) is 4.55. The summed E-state index contributed by atoms with van der Waals surface area (Å²) >= 11 is 0. The first-order valence-corrected chi connectivity index (χ1v) is 7.67. The van der Waals surface area contributed by atoms with Gasteiger partial charge in [-0.05, 0) is 36.5 Å². The molecule has 2 fully saturated rings. The maximum atomic E-state index is 12.8. The average molecular weight is 277 g/mol. The zero-order valence-corrected chi connectivity index (χ0v) is 12.2. The lowest BCUT2D eigenvalue weighted by atomic mass is 9.81. The Morgan fingerprint density at radius 1 is 1.00 bits per heavy atom. The first kappa shape index (κ1) is 13.7. The van der Waals surface area contributed by atoms with Gasteiger partial charge in [0.25, 0.3) is 0 Å². The largest absolute Gasteiger partial charge is 0.481 e. The number of carbonyl (C=O) groups is 2. The highest BCUT2D eigenvalue weighted by Crippen LogP contribution is 2.49. The van der Waals surface area contributed by atoms with Crippen molar-refractivity contribution in [2.75, 3.05) is 13.1 Å². The highest BCUT2D eigenvalue weighted by molar-refractivity contribution is 5.87. The summed E-state index contributed by atoms with van der Waals surface area (Å²) in [4.78, 5) is 26.3. The third kappa shape index (κ3) is 2.15. The minimum atomic E-state index is -0.807. The molecule has 1 heterocycles. The lowest BCUT2D eigenvalue weighted by molar-refractivity contribution is -0.152. The summed E-state index contributed by atoms with van der Waals surface area (Å²) in [6.45, 7) is 5.91. The maximum absolute atomic E-state index is 12.8. The predicted octanol–water partition coefficient (Wildman–Crippen LogP) is 2.01. The number of aliphatic carboxylic acids is 1. The van der Waals surface area contributed by atoms with Crippen LogP contribution in [0.15, 0.2) is 12.2 Å². The van der Waals surface area contributed by atoms with Gasteiger partial charge in [0.15, 0.2) is 0 Å². The molecular formula is C16H23NO3. The Morgan fingerprint density at radius 2 is 1.55 bits per heavy atom. The molecule has 1 aliphatic heterocycles. The van der Waals surface area contributed by atoms with Crippen molar-refractivity contribution in [1.82, 2.24) is 4.90 Å². The molecule has 3 rings (SSSR count). The number of likely N-dealkylation sites (tertiary alicyclic amines) is 1. The molecule has 2 aliphatic carbocycles. The molecule has 1 saturated heterocycles. The summed E-state index contributed by atoms with van der Waals surface area (Å²) < 4.78 is 0. The number of carboxylic acid groups (broad SMARTS) is 1. The second-order valence-corrected chi connectivity index (χ2v) is 7.03. The van der Waals surface area contributed by atoms with Gasteiger partial charge in [0, 0.05) is 13.1 Å². The summed E-state index contributed by atoms with van der Waals surface area (Å²) in [6.07, 6.45) is 6.05. The number of hydrogen-bond donors (Lipinski definition) is 1. The number of fused-ring (bicyclic) bond motifs is 2. The van der Waals surface area contributed by atoms with E-state index in [4.69, 9.17) is 0 Å². The molecule has 1 N–H and O–H groups in total. The number of amides is 1. The first-order valence-electron chi connectivity index (χ1n) is 7.67. The monoisotopic (exact) mass is 277 g/mol. The Labute approximate surface area is 119 Å². The van der Waals surface area contributed by atoms with Crippen LogP contribution >= 0.6 is 0 Å². The standard InChI is InChI=1S/C16H23NO3/c1-9-5-10(2)8-17(7-9)15(18)13-11-3-4-12(6-11)14(13)16(19)20/h3-4,9-14H,5-8H2,1-2H3,(H,19,20)/t9-,10-,11+,12+,13-,14+/m1/s1. The van der Waals surface area contributed by atoms with Crippen LogP contribution in [-0.4, -0.2) is 35.0 Å². The number of allylic oxidation sites excluding steroid dienone is 2. The highest BCUT2D eigenvalue weighted by Gasteiger charge is 2.52. The molecule has 110 valence electrons. The summed E-state index contributed by atoms with van der Waals surface area (Å²) in [5.41, 5.74) is 0. The van der Waals surface area contributed by atoms with E-state index in [1.54, 1.807) is 0 Å². The van der Waals surface area contributed by atoms with Gasteiger partial charge >= 0.3 is 5.97 Å². The number of carboxylic acids is 1. The van der Waals surface area contributed by atoms with Crippen molar-refractivity contribution in [2.24, 2.45) is 35.5 Å². The Kier molecular flexibility index (Phi) is 3.35. The van der Waals surface area contributed by atoms with Gasteiger partial charge in [-0.3, -0.25) is 9.59 Å². The van der Waals surface area contributed by atoms with Gasteiger partial charge in [0.05, 0.1) is 11.8 Å². The van der Waals surface area contributed by atoms with Crippen LogP contribution < -0.4 is 0 Å². The van der Waals surface area contributed by atoms with Gasteiger partial charge in [-0.1, -0.05) is 26.0 Å². The Hall–Kier alpha value is -1.32. The quantitative estimate of drug-likeness (QED) is 0.786. The van der Waals surface area contributed by atoms with E-state index in [-0.39, 0.29) is 23.7 Å². The van der Waals surface area contributed by atoms with Crippen molar-refractivity contribution >= 4 is 11.9 Å². The molecular weight excluding hydrogens is 254 g/mol. The van der Waals surface area contributed by atoms with Crippen molar-refractivity contribution in [3.8, 4) is 0 Å². The van der Waals surface area contributed by atoms with E-state index >= 15 is 0 Å². The van der Waals surface area contributed by atoms with Gasteiger partial charge in [-0.15, -0.1) is 0 Å². The molecule has 0 aromatic heterocycles. The number of nitrogens with zero attached hydrogens (tertiary/aromatic N) is 1. The Morgan fingerprint density at radius 3 is 2.10 bits per heavy atom. The molecule has 1 saturated carbocycles. The second-order valence-electron chi connectivity index (χ2n) is 7.03. The third-order valence-corrected chi connectivity index (χ3v) is 5.21. The summed E-state index contributed by atoms with van der Waals surface area (Å²) in [5, 5.41) is 9.45.